The molecule has 4 rings (SSSR count). The van der Waals surface area contributed by atoms with Gasteiger partial charge in [0.1, 0.15) is 17.2 Å². The molecular formula is C25H25N3O4. The van der Waals surface area contributed by atoms with Crippen molar-refractivity contribution in [1.82, 2.24) is 4.90 Å². The van der Waals surface area contributed by atoms with Gasteiger partial charge in [-0.2, -0.15) is 0 Å². The number of amides is 2. The molecule has 164 valence electrons. The van der Waals surface area contributed by atoms with Gasteiger partial charge in [-0.1, -0.05) is 6.07 Å². The molecule has 0 unspecified atom stereocenters. The summed E-state index contributed by atoms with van der Waals surface area (Å²) in [4.78, 5) is 28.2. The SMILES string of the molecule is COc1cccc(N2CCN(C(=O)c3ccc(Oc4ccc(C(N)=O)cc4)cc3)CC2)c1. The van der Waals surface area contributed by atoms with Crippen molar-refractivity contribution >= 4 is 17.5 Å². The number of rotatable bonds is 6. The van der Waals surface area contributed by atoms with Gasteiger partial charge in [0.15, 0.2) is 0 Å². The Balaban J connectivity index is 1.34. The predicted octanol–water partition coefficient (Wildman–Crippen LogP) is 3.55. The molecule has 0 radical (unpaired) electrons. The Morgan fingerprint density at radius 1 is 0.781 bits per heavy atom. The lowest BCUT2D eigenvalue weighted by Crippen LogP contribution is -2.48. The average Bonchev–Trinajstić information content (AvgIpc) is 2.84. The van der Waals surface area contributed by atoms with Crippen LogP contribution in [0.3, 0.4) is 0 Å². The lowest BCUT2D eigenvalue weighted by Gasteiger charge is -2.36. The Hall–Kier alpha value is -4.00. The van der Waals surface area contributed by atoms with Gasteiger partial charge in [-0.25, -0.2) is 0 Å². The lowest BCUT2D eigenvalue weighted by atomic mass is 10.1. The second-order valence-electron chi connectivity index (χ2n) is 7.50. The lowest BCUT2D eigenvalue weighted by molar-refractivity contribution is 0.0746. The third-order valence-corrected chi connectivity index (χ3v) is 5.46. The van der Waals surface area contributed by atoms with E-state index in [9.17, 15) is 9.59 Å². The maximum atomic E-state index is 12.9. The van der Waals surface area contributed by atoms with Crippen LogP contribution < -0.4 is 20.1 Å². The molecule has 0 atom stereocenters. The van der Waals surface area contributed by atoms with Crippen molar-refractivity contribution in [2.24, 2.45) is 5.73 Å². The van der Waals surface area contributed by atoms with Crippen molar-refractivity contribution in [3.05, 3.63) is 83.9 Å². The van der Waals surface area contributed by atoms with Crippen molar-refractivity contribution in [1.29, 1.82) is 0 Å². The number of methoxy groups -OCH3 is 1. The minimum Gasteiger partial charge on any atom is -0.497 e. The topological polar surface area (TPSA) is 85.1 Å². The van der Waals surface area contributed by atoms with E-state index in [1.54, 1.807) is 55.6 Å². The smallest absolute Gasteiger partial charge is 0.253 e. The van der Waals surface area contributed by atoms with Crippen LogP contribution in [0, 0.1) is 0 Å². The molecule has 7 nitrogen and oxygen atoms in total. The number of benzene rings is 3. The van der Waals surface area contributed by atoms with Gasteiger partial charge >= 0.3 is 0 Å². The van der Waals surface area contributed by atoms with Crippen LogP contribution in [0.2, 0.25) is 0 Å². The molecule has 3 aromatic carbocycles. The van der Waals surface area contributed by atoms with Crippen molar-refractivity contribution in [2.75, 3.05) is 38.2 Å². The number of hydrogen-bond acceptors (Lipinski definition) is 5. The highest BCUT2D eigenvalue weighted by Crippen LogP contribution is 2.24. The standard InChI is InChI=1S/C25H25N3O4/c1-31-23-4-2-3-20(17-23)27-13-15-28(16-14-27)25(30)19-7-11-22(12-8-19)32-21-9-5-18(6-10-21)24(26)29/h2-12,17H,13-16H2,1H3,(H2,26,29). The molecule has 1 fully saturated rings. The van der Waals surface area contributed by atoms with E-state index < -0.39 is 5.91 Å². The van der Waals surface area contributed by atoms with Gasteiger partial charge in [0.05, 0.1) is 7.11 Å². The first-order chi connectivity index (χ1) is 15.5. The second kappa shape index (κ2) is 9.43. The summed E-state index contributed by atoms with van der Waals surface area (Å²) in [5.74, 6) is 1.54. The predicted molar refractivity (Wildman–Crippen MR) is 123 cm³/mol. The summed E-state index contributed by atoms with van der Waals surface area (Å²) < 4.78 is 11.1. The van der Waals surface area contributed by atoms with Crippen molar-refractivity contribution in [3.63, 3.8) is 0 Å². The molecule has 0 spiro atoms. The van der Waals surface area contributed by atoms with Gasteiger partial charge in [-0.05, 0) is 60.7 Å². The minimum absolute atomic E-state index is 0.00709. The van der Waals surface area contributed by atoms with Gasteiger partial charge < -0.3 is 25.0 Å². The van der Waals surface area contributed by atoms with E-state index in [2.05, 4.69) is 11.0 Å². The van der Waals surface area contributed by atoms with Crippen LogP contribution in [0.5, 0.6) is 17.2 Å². The highest BCUT2D eigenvalue weighted by molar-refractivity contribution is 5.94. The largest absolute Gasteiger partial charge is 0.497 e. The zero-order valence-corrected chi connectivity index (χ0v) is 17.9. The van der Waals surface area contributed by atoms with Gasteiger partial charge in [-0.15, -0.1) is 0 Å². The fourth-order valence-corrected chi connectivity index (χ4v) is 3.65. The molecule has 3 aromatic rings. The van der Waals surface area contributed by atoms with Crippen LogP contribution in [0.25, 0.3) is 0 Å². The summed E-state index contributed by atoms with van der Waals surface area (Å²) in [6.07, 6.45) is 0. The molecule has 32 heavy (non-hydrogen) atoms. The fourth-order valence-electron chi connectivity index (χ4n) is 3.65. The summed E-state index contributed by atoms with van der Waals surface area (Å²) in [6, 6.07) is 21.6. The van der Waals surface area contributed by atoms with Gasteiger partial charge in [-0.3, -0.25) is 9.59 Å². The van der Waals surface area contributed by atoms with Crippen molar-refractivity contribution in [3.8, 4) is 17.2 Å². The quantitative estimate of drug-likeness (QED) is 0.645. The van der Waals surface area contributed by atoms with E-state index in [0.717, 1.165) is 24.5 Å². The van der Waals surface area contributed by atoms with Crippen LogP contribution in [0.4, 0.5) is 5.69 Å². The third kappa shape index (κ3) is 4.83. The molecule has 2 N–H and O–H groups in total. The molecule has 1 aliphatic heterocycles. The van der Waals surface area contributed by atoms with Crippen LogP contribution in [0.1, 0.15) is 20.7 Å². The van der Waals surface area contributed by atoms with Gasteiger partial charge in [0.2, 0.25) is 5.91 Å². The Morgan fingerprint density at radius 2 is 1.38 bits per heavy atom. The molecule has 0 aromatic heterocycles. The third-order valence-electron chi connectivity index (χ3n) is 5.46. The maximum absolute atomic E-state index is 12.9. The number of nitrogens with two attached hydrogens (primary N) is 1. The van der Waals surface area contributed by atoms with E-state index in [-0.39, 0.29) is 5.91 Å². The van der Waals surface area contributed by atoms with E-state index in [0.29, 0.717) is 35.7 Å². The molecule has 2 amide bonds. The zero-order chi connectivity index (χ0) is 22.5. The van der Waals surface area contributed by atoms with E-state index in [4.69, 9.17) is 15.2 Å². The zero-order valence-electron chi connectivity index (χ0n) is 17.9. The van der Waals surface area contributed by atoms with Gasteiger partial charge in [0, 0.05) is 49.1 Å². The summed E-state index contributed by atoms with van der Waals surface area (Å²) in [7, 11) is 1.66. The van der Waals surface area contributed by atoms with Crippen molar-refractivity contribution < 1.29 is 19.1 Å². The van der Waals surface area contributed by atoms with E-state index in [1.165, 1.54) is 0 Å². The van der Waals surface area contributed by atoms with E-state index in [1.807, 2.05) is 23.1 Å². The summed E-state index contributed by atoms with van der Waals surface area (Å²) in [5, 5.41) is 0. The number of anilines is 1. The summed E-state index contributed by atoms with van der Waals surface area (Å²) in [5.41, 5.74) is 7.39. The van der Waals surface area contributed by atoms with Crippen LogP contribution in [-0.4, -0.2) is 50.0 Å². The Labute approximate surface area is 187 Å². The molecule has 1 aliphatic rings. The first-order valence-electron chi connectivity index (χ1n) is 10.4. The van der Waals surface area contributed by atoms with Crippen LogP contribution in [0.15, 0.2) is 72.8 Å². The maximum Gasteiger partial charge on any atom is 0.253 e. The molecule has 7 heteroatoms. The summed E-state index contributed by atoms with van der Waals surface area (Å²) in [6.45, 7) is 2.84. The highest BCUT2D eigenvalue weighted by atomic mass is 16.5. The van der Waals surface area contributed by atoms with Gasteiger partial charge in [0.25, 0.3) is 5.91 Å². The molecule has 0 aliphatic carbocycles. The minimum atomic E-state index is -0.483. The molecule has 0 bridgehead atoms. The second-order valence-corrected chi connectivity index (χ2v) is 7.50. The average molecular weight is 431 g/mol. The Morgan fingerprint density at radius 3 is 1.94 bits per heavy atom. The molecule has 0 saturated carbocycles. The normalized spacial score (nSPS) is 13.5. The number of carbonyl (C=O) groups is 2. The summed E-state index contributed by atoms with van der Waals surface area (Å²) >= 11 is 0. The first-order valence-corrected chi connectivity index (χ1v) is 10.4. The first kappa shape index (κ1) is 21.2. The van der Waals surface area contributed by atoms with E-state index >= 15 is 0 Å². The number of primary amides is 1. The molecule has 1 heterocycles. The number of carbonyl (C=O) groups excluding carboxylic acids is 2. The Bertz CT molecular complexity index is 1090. The number of piperazine rings is 1. The Kier molecular flexibility index (Phi) is 6.26. The number of nitrogens with zero attached hydrogens (tertiary/aromatic N) is 2. The number of ether oxygens (including phenoxy) is 2. The molecule has 1 saturated heterocycles. The monoisotopic (exact) mass is 431 g/mol. The molecular weight excluding hydrogens is 406 g/mol. The fraction of sp³-hybridized carbons (Fsp3) is 0.200. The van der Waals surface area contributed by atoms with Crippen LogP contribution >= 0.6 is 0 Å². The highest BCUT2D eigenvalue weighted by Gasteiger charge is 2.22. The van der Waals surface area contributed by atoms with Crippen molar-refractivity contribution in [2.45, 2.75) is 0 Å². The number of hydrogen-bond donors (Lipinski definition) is 1. The van der Waals surface area contributed by atoms with Crippen LogP contribution in [-0.2, 0) is 0 Å².